The fourth-order valence-electron chi connectivity index (χ4n) is 1.78. The summed E-state index contributed by atoms with van der Waals surface area (Å²) in [4.78, 5) is 0. The van der Waals surface area contributed by atoms with Crippen molar-refractivity contribution >= 4 is 15.9 Å². The molecule has 0 radical (unpaired) electrons. The Labute approximate surface area is 83.3 Å². The Kier molecular flexibility index (Phi) is 4.93. The molecule has 0 aromatic heterocycles. The molecule has 12 heavy (non-hydrogen) atoms. The number of hydrogen-bond donors (Lipinski definition) is 0. The maximum absolute atomic E-state index is 5.33. The Hall–Kier alpha value is 0.180. The molecule has 70 valence electrons. The smallest absolute Gasteiger partial charge is 0.0468 e. The fourth-order valence-corrected chi connectivity index (χ4v) is 2.58. The molecule has 0 aromatic rings. The highest BCUT2D eigenvalue weighted by molar-refractivity contribution is 9.09. The molecule has 0 bridgehead atoms. The van der Waals surface area contributed by atoms with E-state index in [1.807, 2.05) is 6.08 Å². The second-order valence-electron chi connectivity index (χ2n) is 3.39. The first-order valence-electron chi connectivity index (χ1n) is 4.63. The highest BCUT2D eigenvalue weighted by Crippen LogP contribution is 2.27. The fraction of sp³-hybridized carbons (Fsp3) is 0.800. The minimum atomic E-state index is 0.770. The van der Waals surface area contributed by atoms with Crippen LogP contribution >= 0.6 is 15.9 Å². The number of allylic oxidation sites excluding steroid dienone is 1. The summed E-state index contributed by atoms with van der Waals surface area (Å²) in [5, 5.41) is 1.10. The largest absolute Gasteiger partial charge is 0.381 e. The topological polar surface area (TPSA) is 9.23 Å². The van der Waals surface area contributed by atoms with E-state index in [1.165, 1.54) is 12.8 Å². The van der Waals surface area contributed by atoms with Gasteiger partial charge in [0.05, 0.1) is 0 Å². The molecule has 0 spiro atoms. The number of hydrogen-bond acceptors (Lipinski definition) is 1. The summed E-state index contributed by atoms with van der Waals surface area (Å²) >= 11 is 3.56. The molecule has 2 heteroatoms. The highest BCUT2D eigenvalue weighted by atomic mass is 79.9. The second kappa shape index (κ2) is 5.76. The Morgan fingerprint density at radius 2 is 2.17 bits per heavy atom. The zero-order valence-corrected chi connectivity index (χ0v) is 9.05. The van der Waals surface area contributed by atoms with E-state index in [-0.39, 0.29) is 0 Å². The lowest BCUT2D eigenvalue weighted by atomic mass is 9.85. The number of rotatable bonds is 4. The van der Waals surface area contributed by atoms with E-state index in [0.717, 1.165) is 36.8 Å². The van der Waals surface area contributed by atoms with Crippen molar-refractivity contribution in [3.05, 3.63) is 12.7 Å². The summed E-state index contributed by atoms with van der Waals surface area (Å²) in [6.07, 6.45) is 5.62. The third-order valence-corrected chi connectivity index (χ3v) is 3.43. The maximum Gasteiger partial charge on any atom is 0.0468 e. The SMILES string of the molecule is C=CCC(CBr)C1CCOCC1. The maximum atomic E-state index is 5.33. The first-order chi connectivity index (χ1) is 5.88. The number of alkyl halides is 1. The van der Waals surface area contributed by atoms with Gasteiger partial charge in [-0.25, -0.2) is 0 Å². The molecule has 1 aliphatic heterocycles. The zero-order valence-electron chi connectivity index (χ0n) is 7.47. The van der Waals surface area contributed by atoms with Crippen molar-refractivity contribution in [2.45, 2.75) is 19.3 Å². The van der Waals surface area contributed by atoms with Crippen molar-refractivity contribution < 1.29 is 4.74 Å². The van der Waals surface area contributed by atoms with Crippen LogP contribution in [0.2, 0.25) is 0 Å². The standard InChI is InChI=1S/C10H17BrO/c1-2-3-10(8-11)9-4-6-12-7-5-9/h2,9-10H,1,3-8H2. The van der Waals surface area contributed by atoms with Crippen LogP contribution in [-0.2, 0) is 4.74 Å². The lowest BCUT2D eigenvalue weighted by molar-refractivity contribution is 0.0509. The van der Waals surface area contributed by atoms with Gasteiger partial charge < -0.3 is 4.74 Å². The quantitative estimate of drug-likeness (QED) is 0.535. The van der Waals surface area contributed by atoms with Crippen LogP contribution in [0.1, 0.15) is 19.3 Å². The summed E-state index contributed by atoms with van der Waals surface area (Å²) < 4.78 is 5.33. The third-order valence-electron chi connectivity index (χ3n) is 2.60. The van der Waals surface area contributed by atoms with Crippen LogP contribution in [0.3, 0.4) is 0 Å². The van der Waals surface area contributed by atoms with E-state index < -0.39 is 0 Å². The van der Waals surface area contributed by atoms with Crippen molar-refractivity contribution in [1.29, 1.82) is 0 Å². The van der Waals surface area contributed by atoms with Gasteiger partial charge in [0.25, 0.3) is 0 Å². The van der Waals surface area contributed by atoms with E-state index in [0.29, 0.717) is 0 Å². The molecule has 0 aliphatic carbocycles. The lowest BCUT2D eigenvalue weighted by Gasteiger charge is -2.28. The molecule has 1 aliphatic rings. The number of halogens is 1. The highest BCUT2D eigenvalue weighted by Gasteiger charge is 2.21. The second-order valence-corrected chi connectivity index (χ2v) is 4.04. The third kappa shape index (κ3) is 2.91. The average Bonchev–Trinajstić information content (AvgIpc) is 2.15. The van der Waals surface area contributed by atoms with Gasteiger partial charge in [0.15, 0.2) is 0 Å². The summed E-state index contributed by atoms with van der Waals surface area (Å²) in [5.74, 6) is 1.61. The van der Waals surface area contributed by atoms with Gasteiger partial charge in [0, 0.05) is 18.5 Å². The van der Waals surface area contributed by atoms with E-state index in [9.17, 15) is 0 Å². The summed E-state index contributed by atoms with van der Waals surface area (Å²) in [7, 11) is 0. The Morgan fingerprint density at radius 3 is 2.67 bits per heavy atom. The molecule has 0 saturated carbocycles. The van der Waals surface area contributed by atoms with Crippen molar-refractivity contribution in [2.75, 3.05) is 18.5 Å². The first kappa shape index (κ1) is 10.3. The Balaban J connectivity index is 2.34. The van der Waals surface area contributed by atoms with E-state index >= 15 is 0 Å². The first-order valence-corrected chi connectivity index (χ1v) is 5.75. The van der Waals surface area contributed by atoms with Gasteiger partial charge in [0.2, 0.25) is 0 Å². The molecule has 1 atom stereocenters. The molecule has 1 rings (SSSR count). The van der Waals surface area contributed by atoms with Crippen LogP contribution in [-0.4, -0.2) is 18.5 Å². The van der Waals surface area contributed by atoms with Crippen LogP contribution in [0.25, 0.3) is 0 Å². The van der Waals surface area contributed by atoms with Crippen LogP contribution in [0.4, 0.5) is 0 Å². The van der Waals surface area contributed by atoms with Gasteiger partial charge in [-0.15, -0.1) is 6.58 Å². The van der Waals surface area contributed by atoms with E-state index in [4.69, 9.17) is 4.74 Å². The molecule has 1 heterocycles. The van der Waals surface area contributed by atoms with Crippen LogP contribution in [0.15, 0.2) is 12.7 Å². The normalized spacial score (nSPS) is 22.1. The monoisotopic (exact) mass is 232 g/mol. The van der Waals surface area contributed by atoms with Gasteiger partial charge >= 0.3 is 0 Å². The molecule has 1 fully saturated rings. The zero-order chi connectivity index (χ0) is 8.81. The minimum absolute atomic E-state index is 0.770. The molecule has 1 saturated heterocycles. The predicted octanol–water partition coefficient (Wildman–Crippen LogP) is 3.00. The van der Waals surface area contributed by atoms with Crippen molar-refractivity contribution in [2.24, 2.45) is 11.8 Å². The van der Waals surface area contributed by atoms with E-state index in [1.54, 1.807) is 0 Å². The Morgan fingerprint density at radius 1 is 1.50 bits per heavy atom. The molecule has 0 N–H and O–H groups in total. The van der Waals surface area contributed by atoms with Crippen LogP contribution in [0, 0.1) is 11.8 Å². The van der Waals surface area contributed by atoms with Crippen LogP contribution in [0.5, 0.6) is 0 Å². The molecule has 1 unspecified atom stereocenters. The summed E-state index contributed by atoms with van der Waals surface area (Å²) in [6, 6.07) is 0. The predicted molar refractivity (Wildman–Crippen MR) is 55.6 cm³/mol. The Bertz CT molecular complexity index is 130. The van der Waals surface area contributed by atoms with Gasteiger partial charge in [-0.3, -0.25) is 0 Å². The van der Waals surface area contributed by atoms with E-state index in [2.05, 4.69) is 22.5 Å². The van der Waals surface area contributed by atoms with Gasteiger partial charge in [0.1, 0.15) is 0 Å². The molecular formula is C10H17BrO. The molecule has 0 aromatic carbocycles. The van der Waals surface area contributed by atoms with Gasteiger partial charge in [-0.05, 0) is 31.1 Å². The minimum Gasteiger partial charge on any atom is -0.381 e. The van der Waals surface area contributed by atoms with Crippen molar-refractivity contribution in [3.8, 4) is 0 Å². The van der Waals surface area contributed by atoms with Crippen molar-refractivity contribution in [1.82, 2.24) is 0 Å². The molecule has 0 amide bonds. The molecule has 1 nitrogen and oxygen atoms in total. The van der Waals surface area contributed by atoms with Crippen molar-refractivity contribution in [3.63, 3.8) is 0 Å². The summed E-state index contributed by atoms with van der Waals surface area (Å²) in [6.45, 7) is 5.69. The lowest BCUT2D eigenvalue weighted by Crippen LogP contribution is -2.24. The van der Waals surface area contributed by atoms with Gasteiger partial charge in [-0.2, -0.15) is 0 Å². The van der Waals surface area contributed by atoms with Gasteiger partial charge in [-0.1, -0.05) is 22.0 Å². The average molecular weight is 233 g/mol. The number of ether oxygens (including phenoxy) is 1. The van der Waals surface area contributed by atoms with Crippen LogP contribution < -0.4 is 0 Å². The summed E-state index contributed by atoms with van der Waals surface area (Å²) in [5.41, 5.74) is 0. The molecular weight excluding hydrogens is 216 g/mol.